The van der Waals surface area contributed by atoms with E-state index in [1.165, 1.54) is 21.8 Å². The Bertz CT molecular complexity index is 1550. The fourth-order valence-corrected chi connectivity index (χ4v) is 9.50. The topological polar surface area (TPSA) is 141 Å². The number of aryl methyl sites for hydroxylation is 1. The second-order valence-electron chi connectivity index (χ2n) is 16.5. The van der Waals surface area contributed by atoms with Gasteiger partial charge in [0.25, 0.3) is 15.7 Å². The molecule has 3 rings (SSSR count). The quantitative estimate of drug-likeness (QED) is 0.0894. The lowest BCUT2D eigenvalue weighted by atomic mass is 9.89. The van der Waals surface area contributed by atoms with E-state index in [1.54, 1.807) is 6.92 Å². The van der Waals surface area contributed by atoms with Crippen LogP contribution in [0.2, 0.25) is 36.3 Å². The predicted molar refractivity (Wildman–Crippen MR) is 200 cm³/mol. The third-order valence-corrected chi connectivity index (χ3v) is 21.3. The monoisotopic (exact) mass is 793 g/mol. The number of halogens is 1. The van der Waals surface area contributed by atoms with Crippen LogP contribution in [-0.4, -0.2) is 63.9 Å². The van der Waals surface area contributed by atoms with E-state index in [-0.39, 0.29) is 34.5 Å². The lowest BCUT2D eigenvalue weighted by molar-refractivity contribution is -0.0567. The van der Waals surface area contributed by atoms with Crippen LogP contribution in [0.4, 0.5) is 0 Å². The Balaban J connectivity index is 2.11. The highest BCUT2D eigenvalue weighted by molar-refractivity contribution is 9.09. The summed E-state index contributed by atoms with van der Waals surface area (Å²) in [4.78, 5) is 27.5. The zero-order chi connectivity index (χ0) is 36.5. The number of alkyl halides is 1. The van der Waals surface area contributed by atoms with Crippen molar-refractivity contribution in [3.63, 3.8) is 0 Å². The molecule has 3 heterocycles. The fraction of sp³-hybridized carbons (Fsp3) is 0.818. The number of nitrogens with two attached hydrogens (primary N) is 1. The van der Waals surface area contributed by atoms with Crippen LogP contribution in [0.5, 0.6) is 0 Å². The summed E-state index contributed by atoms with van der Waals surface area (Å²) in [6.07, 6.45) is 5.37. The minimum absolute atomic E-state index is 0.0303. The van der Waals surface area contributed by atoms with Gasteiger partial charge >= 0.3 is 5.69 Å². The summed E-state index contributed by atoms with van der Waals surface area (Å²) in [6, 6.07) is 0. The highest BCUT2D eigenvalue weighted by Gasteiger charge is 2.67. The number of rotatable bonds is 15. The molecule has 2 N–H and O–H groups in total. The molecule has 11 nitrogen and oxygen atoms in total. The number of aromatic nitrogens is 2. The van der Waals surface area contributed by atoms with Crippen LogP contribution >= 0.6 is 15.9 Å². The van der Waals surface area contributed by atoms with E-state index in [2.05, 4.69) is 70.6 Å². The van der Waals surface area contributed by atoms with Crippen LogP contribution in [-0.2, 0) is 34.4 Å². The van der Waals surface area contributed by atoms with Crippen molar-refractivity contribution in [1.29, 1.82) is 0 Å². The Morgan fingerprint density at radius 1 is 0.938 bits per heavy atom. The average Bonchev–Trinajstić information content (AvgIpc) is 3.37. The molecule has 48 heavy (non-hydrogen) atoms. The third kappa shape index (κ3) is 8.86. The average molecular weight is 795 g/mol. The van der Waals surface area contributed by atoms with Crippen LogP contribution in [0.3, 0.4) is 0 Å². The van der Waals surface area contributed by atoms with Gasteiger partial charge < -0.3 is 19.3 Å². The summed E-state index contributed by atoms with van der Waals surface area (Å²) in [5.41, 5.74) is 4.20. The Morgan fingerprint density at radius 2 is 1.48 bits per heavy atom. The van der Waals surface area contributed by atoms with Crippen molar-refractivity contribution in [2.45, 2.75) is 160 Å². The summed E-state index contributed by atoms with van der Waals surface area (Å²) in [7, 11) is -9.26. The molecule has 0 saturated carbocycles. The van der Waals surface area contributed by atoms with Gasteiger partial charge in [0.1, 0.15) is 12.2 Å². The van der Waals surface area contributed by atoms with Crippen molar-refractivity contribution in [3.05, 3.63) is 43.7 Å². The molecule has 0 radical (unpaired) electrons. The molecular formula is C33H60BrN3O8SSi2. The molecule has 276 valence electrons. The zero-order valence-corrected chi connectivity index (χ0v) is 35.4. The first kappa shape index (κ1) is 41.3. The van der Waals surface area contributed by atoms with Crippen molar-refractivity contribution in [3.8, 4) is 0 Å². The van der Waals surface area contributed by atoms with E-state index < -0.39 is 56.5 Å². The van der Waals surface area contributed by atoms with Gasteiger partial charge in [-0.15, -0.1) is 0 Å². The minimum atomic E-state index is -4.21. The van der Waals surface area contributed by atoms with Gasteiger partial charge in [-0.3, -0.25) is 13.9 Å². The molecule has 1 unspecified atom stereocenters. The molecule has 0 amide bonds. The largest absolute Gasteiger partial charge is 0.414 e. The molecule has 1 saturated heterocycles. The highest BCUT2D eigenvalue weighted by atomic mass is 79.9. The number of hydrogen-bond acceptors (Lipinski definition) is 9. The molecule has 0 bridgehead atoms. The normalized spacial score (nSPS) is 24.8. The maximum Gasteiger partial charge on any atom is 0.333 e. The Morgan fingerprint density at radius 3 is 1.98 bits per heavy atom. The Kier molecular flexibility index (Phi) is 13.1. The van der Waals surface area contributed by atoms with Crippen molar-refractivity contribution < 1.29 is 26.2 Å². The Hall–Kier alpha value is -1.08. The number of nitrogens with zero attached hydrogens (tertiary/aromatic N) is 2. The maximum atomic E-state index is 14.2. The van der Waals surface area contributed by atoms with Gasteiger partial charge in [-0.05, 0) is 56.0 Å². The smallest absolute Gasteiger partial charge is 0.333 e. The first-order chi connectivity index (χ1) is 21.9. The van der Waals surface area contributed by atoms with E-state index in [0.717, 1.165) is 42.8 Å². The van der Waals surface area contributed by atoms with E-state index in [0.29, 0.717) is 12.0 Å². The molecular weight excluding hydrogens is 735 g/mol. The van der Waals surface area contributed by atoms with Crippen molar-refractivity contribution in [1.82, 2.24) is 9.13 Å². The number of ether oxygens (including phenoxy) is 1. The Labute approximate surface area is 298 Å². The van der Waals surface area contributed by atoms with Gasteiger partial charge in [-0.25, -0.2) is 8.98 Å². The lowest BCUT2D eigenvalue weighted by Gasteiger charge is -2.43. The fourth-order valence-electron chi connectivity index (χ4n) is 5.60. The molecule has 1 aromatic rings. The maximum absolute atomic E-state index is 14.2. The summed E-state index contributed by atoms with van der Waals surface area (Å²) >= 11 is 3.47. The molecule has 2 aliphatic rings. The zero-order valence-electron chi connectivity index (χ0n) is 31.0. The van der Waals surface area contributed by atoms with Gasteiger partial charge in [0.15, 0.2) is 28.5 Å². The highest BCUT2D eigenvalue weighted by Crippen LogP contribution is 2.52. The van der Waals surface area contributed by atoms with E-state index in [9.17, 15) is 18.0 Å². The molecule has 0 aliphatic carbocycles. The van der Waals surface area contributed by atoms with Crippen LogP contribution in [0.1, 0.15) is 98.3 Å². The summed E-state index contributed by atoms with van der Waals surface area (Å²) in [6.45, 7) is 22.7. The molecule has 0 aromatic carbocycles. The second kappa shape index (κ2) is 15.3. The number of unbranched alkanes of at least 4 members (excludes halogenated alkanes) is 6. The summed E-state index contributed by atoms with van der Waals surface area (Å²) in [5.74, 6) is 0. The van der Waals surface area contributed by atoms with E-state index >= 15 is 0 Å². The van der Waals surface area contributed by atoms with E-state index in [1.807, 2.05) is 13.1 Å². The lowest BCUT2D eigenvalue weighted by Crippen LogP contribution is -2.59. The first-order valence-electron chi connectivity index (χ1n) is 17.2. The molecule has 1 fully saturated rings. The molecule has 1 aromatic heterocycles. The molecule has 4 atom stereocenters. The van der Waals surface area contributed by atoms with Crippen LogP contribution < -0.4 is 17.0 Å². The van der Waals surface area contributed by atoms with Crippen LogP contribution in [0, 0.1) is 6.92 Å². The second-order valence-corrected chi connectivity index (χ2v) is 28.2. The minimum Gasteiger partial charge on any atom is -0.414 e. The van der Waals surface area contributed by atoms with E-state index in [4.69, 9.17) is 23.5 Å². The van der Waals surface area contributed by atoms with Crippen LogP contribution in [0.25, 0.3) is 0 Å². The van der Waals surface area contributed by atoms with Gasteiger partial charge in [-0.1, -0.05) is 89.6 Å². The summed E-state index contributed by atoms with van der Waals surface area (Å²) < 4.78 is 55.0. The van der Waals surface area contributed by atoms with Gasteiger partial charge in [0.05, 0.1) is 17.7 Å². The molecule has 1 spiro atoms. The third-order valence-electron chi connectivity index (χ3n) is 10.7. The standard InChI is InChI=1S/C33H60BrN3O8SSi2/c1-24-21-37(30(39)36(28(24)38)20-18-16-14-12-13-15-17-19-34)29-27(44-48(10,11)32(5,6)7)33(25(35)23-46(40,41)45-33)26(43-29)22-42-47(8,9)31(2,3)4/h21,23,26-27,29H,12-20,22,35H2,1-11H3/t26-,27+,29-,33?/m1/s1. The predicted octanol–water partition coefficient (Wildman–Crippen LogP) is 6.65. The van der Waals surface area contributed by atoms with Gasteiger partial charge in [0.2, 0.25) is 0 Å². The van der Waals surface area contributed by atoms with Crippen molar-refractivity contribution in [2.75, 3.05) is 11.9 Å². The first-order valence-corrected chi connectivity index (χ1v) is 25.6. The number of hydrogen-bond donors (Lipinski definition) is 1. The van der Waals surface area contributed by atoms with Crippen LogP contribution in [0.15, 0.2) is 26.9 Å². The van der Waals surface area contributed by atoms with Crippen molar-refractivity contribution >= 4 is 42.7 Å². The molecule has 15 heteroatoms. The van der Waals surface area contributed by atoms with Gasteiger partial charge in [0, 0.05) is 23.6 Å². The van der Waals surface area contributed by atoms with Crippen molar-refractivity contribution in [2.24, 2.45) is 5.73 Å². The molecule has 2 aliphatic heterocycles. The van der Waals surface area contributed by atoms with Gasteiger partial charge in [-0.2, -0.15) is 8.42 Å². The summed E-state index contributed by atoms with van der Waals surface area (Å²) in [5, 5.41) is 1.49. The SMILES string of the molecule is Cc1cn([C@@H]2O[C@H](CO[Si](C)(C)C(C)(C)C)C3(OS(=O)(=O)C=C3N)[C@H]2O[Si](C)(C)C(C)(C)C)c(=O)n(CCCCCCCCCBr)c1=O.